The topological polar surface area (TPSA) is 68.2 Å². The van der Waals surface area contributed by atoms with Gasteiger partial charge in [0, 0.05) is 24.9 Å². The first-order valence-electron chi connectivity index (χ1n) is 7.52. The molecule has 0 aromatic heterocycles. The standard InChI is InChI=1S/C16H21NO5/c1-20-14-6-3-10(7-15(14)21-2)16(18)22-13-8-11-4-5-12(9-13)17(11)19/h3,6-7,11-13,19H,4-5,8-9H2,1-2H3/t11-,12+,13?. The van der Waals surface area contributed by atoms with Gasteiger partial charge in [-0.1, -0.05) is 0 Å². The molecule has 1 aromatic rings. The molecule has 2 aliphatic heterocycles. The minimum atomic E-state index is -0.364. The predicted octanol–water partition coefficient (Wildman–Crippen LogP) is 2.25. The Hall–Kier alpha value is -1.79. The average molecular weight is 307 g/mol. The van der Waals surface area contributed by atoms with Crippen LogP contribution in [0.3, 0.4) is 0 Å². The highest BCUT2D eigenvalue weighted by Gasteiger charge is 2.41. The quantitative estimate of drug-likeness (QED) is 0.861. The smallest absolute Gasteiger partial charge is 0.338 e. The molecule has 2 heterocycles. The van der Waals surface area contributed by atoms with Crippen LogP contribution in [0, 0.1) is 0 Å². The lowest BCUT2D eigenvalue weighted by atomic mass is 10.0. The third-order valence-electron chi connectivity index (χ3n) is 4.54. The number of hydrogen-bond donors (Lipinski definition) is 1. The molecule has 0 amide bonds. The summed E-state index contributed by atoms with van der Waals surface area (Å²) >= 11 is 0. The van der Waals surface area contributed by atoms with Gasteiger partial charge in [0.1, 0.15) is 6.10 Å². The Morgan fingerprint density at radius 3 is 2.36 bits per heavy atom. The lowest BCUT2D eigenvalue weighted by Crippen LogP contribution is -2.43. The summed E-state index contributed by atoms with van der Waals surface area (Å²) in [6.07, 6.45) is 3.16. The molecule has 0 spiro atoms. The van der Waals surface area contributed by atoms with E-state index in [2.05, 4.69) is 0 Å². The molecule has 0 saturated carbocycles. The van der Waals surface area contributed by atoms with E-state index in [0.29, 0.717) is 29.9 Å². The van der Waals surface area contributed by atoms with Crippen LogP contribution in [0.5, 0.6) is 11.5 Å². The van der Waals surface area contributed by atoms with Crippen molar-refractivity contribution in [1.29, 1.82) is 0 Å². The van der Waals surface area contributed by atoms with Crippen LogP contribution >= 0.6 is 0 Å². The van der Waals surface area contributed by atoms with Gasteiger partial charge in [-0.25, -0.2) is 4.79 Å². The van der Waals surface area contributed by atoms with Crippen molar-refractivity contribution in [3.8, 4) is 11.5 Å². The maximum atomic E-state index is 12.3. The number of carbonyl (C=O) groups excluding carboxylic acids is 1. The molecule has 6 heteroatoms. The summed E-state index contributed by atoms with van der Waals surface area (Å²) in [4.78, 5) is 12.3. The zero-order valence-electron chi connectivity index (χ0n) is 12.8. The second kappa shape index (κ2) is 6.14. The maximum Gasteiger partial charge on any atom is 0.338 e. The molecule has 2 bridgehead atoms. The Balaban J connectivity index is 1.67. The zero-order valence-corrected chi connectivity index (χ0v) is 12.8. The molecule has 22 heavy (non-hydrogen) atoms. The van der Waals surface area contributed by atoms with E-state index < -0.39 is 0 Å². The van der Waals surface area contributed by atoms with Crippen molar-refractivity contribution in [1.82, 2.24) is 5.06 Å². The fourth-order valence-corrected chi connectivity index (χ4v) is 3.38. The van der Waals surface area contributed by atoms with E-state index in [-0.39, 0.29) is 24.2 Å². The molecular weight excluding hydrogens is 286 g/mol. The van der Waals surface area contributed by atoms with Crippen LogP contribution < -0.4 is 9.47 Å². The normalized spacial score (nSPS) is 27.5. The molecule has 2 aliphatic rings. The summed E-state index contributed by atoms with van der Waals surface area (Å²) in [5.74, 6) is 0.713. The van der Waals surface area contributed by atoms with Gasteiger partial charge in [-0.05, 0) is 31.0 Å². The third-order valence-corrected chi connectivity index (χ3v) is 4.54. The minimum absolute atomic E-state index is 0.113. The van der Waals surface area contributed by atoms with Crippen molar-refractivity contribution >= 4 is 5.97 Å². The van der Waals surface area contributed by atoms with E-state index in [1.807, 2.05) is 0 Å². The minimum Gasteiger partial charge on any atom is -0.493 e. The van der Waals surface area contributed by atoms with Gasteiger partial charge in [-0.3, -0.25) is 0 Å². The molecule has 0 aliphatic carbocycles. The molecule has 6 nitrogen and oxygen atoms in total. The number of esters is 1. The molecule has 3 atom stereocenters. The number of nitrogens with zero attached hydrogens (tertiary/aromatic N) is 1. The van der Waals surface area contributed by atoms with Crippen LogP contribution in [0.15, 0.2) is 18.2 Å². The SMILES string of the molecule is COc1ccc(C(=O)OC2C[C@H]3CC[C@@H](C2)N3O)cc1OC. The van der Waals surface area contributed by atoms with Crippen molar-refractivity contribution in [3.63, 3.8) is 0 Å². The number of rotatable bonds is 4. The van der Waals surface area contributed by atoms with E-state index in [9.17, 15) is 10.0 Å². The first kappa shape index (κ1) is 15.1. The molecule has 1 N–H and O–H groups in total. The van der Waals surface area contributed by atoms with E-state index in [1.165, 1.54) is 12.2 Å². The Morgan fingerprint density at radius 2 is 1.77 bits per heavy atom. The Labute approximate surface area is 129 Å². The molecule has 0 radical (unpaired) electrons. The number of hydroxylamine groups is 2. The fourth-order valence-electron chi connectivity index (χ4n) is 3.38. The molecule has 1 aromatic carbocycles. The Kier molecular flexibility index (Phi) is 4.22. The highest BCUT2D eigenvalue weighted by atomic mass is 16.5. The first-order valence-corrected chi connectivity index (χ1v) is 7.52. The summed E-state index contributed by atoms with van der Waals surface area (Å²) in [7, 11) is 3.08. The molecule has 120 valence electrons. The summed E-state index contributed by atoms with van der Waals surface area (Å²) in [6.45, 7) is 0. The Morgan fingerprint density at radius 1 is 1.14 bits per heavy atom. The number of benzene rings is 1. The third kappa shape index (κ3) is 2.76. The molecule has 1 unspecified atom stereocenters. The van der Waals surface area contributed by atoms with Crippen LogP contribution in [-0.4, -0.2) is 48.6 Å². The molecule has 3 rings (SSSR count). The lowest BCUT2D eigenvalue weighted by Gasteiger charge is -2.34. The summed E-state index contributed by atoms with van der Waals surface area (Å²) < 4.78 is 16.0. The summed E-state index contributed by atoms with van der Waals surface area (Å²) in [6, 6.07) is 5.20. The predicted molar refractivity (Wildman–Crippen MR) is 78.4 cm³/mol. The number of fused-ring (bicyclic) bond motifs is 2. The monoisotopic (exact) mass is 307 g/mol. The second-order valence-electron chi connectivity index (χ2n) is 5.83. The van der Waals surface area contributed by atoms with E-state index in [0.717, 1.165) is 12.8 Å². The summed E-state index contributed by atoms with van der Waals surface area (Å²) in [5, 5.41) is 11.3. The van der Waals surface area contributed by atoms with Crippen LogP contribution in [0.25, 0.3) is 0 Å². The molecule has 2 fully saturated rings. The fraction of sp³-hybridized carbons (Fsp3) is 0.562. The van der Waals surface area contributed by atoms with E-state index in [1.54, 1.807) is 25.3 Å². The van der Waals surface area contributed by atoms with Gasteiger partial charge >= 0.3 is 5.97 Å². The number of hydrogen-bond acceptors (Lipinski definition) is 6. The zero-order chi connectivity index (χ0) is 15.7. The highest BCUT2D eigenvalue weighted by molar-refractivity contribution is 5.90. The van der Waals surface area contributed by atoms with E-state index >= 15 is 0 Å². The van der Waals surface area contributed by atoms with Crippen LogP contribution in [0.1, 0.15) is 36.0 Å². The van der Waals surface area contributed by atoms with Gasteiger partial charge in [0.2, 0.25) is 0 Å². The van der Waals surface area contributed by atoms with Gasteiger partial charge in [0.05, 0.1) is 19.8 Å². The van der Waals surface area contributed by atoms with Crippen LogP contribution in [0.4, 0.5) is 0 Å². The van der Waals surface area contributed by atoms with Crippen molar-refractivity contribution in [2.24, 2.45) is 0 Å². The highest BCUT2D eigenvalue weighted by Crippen LogP contribution is 2.36. The molecular formula is C16H21NO5. The van der Waals surface area contributed by atoms with Gasteiger partial charge in [0.25, 0.3) is 0 Å². The Bertz CT molecular complexity index is 547. The van der Waals surface area contributed by atoms with Crippen LogP contribution in [-0.2, 0) is 4.74 Å². The second-order valence-corrected chi connectivity index (χ2v) is 5.83. The number of ether oxygens (including phenoxy) is 3. The first-order chi connectivity index (χ1) is 10.6. The molecule has 2 saturated heterocycles. The average Bonchev–Trinajstić information content (AvgIpc) is 2.76. The van der Waals surface area contributed by atoms with Crippen molar-refractivity contribution < 1.29 is 24.2 Å². The number of carbonyl (C=O) groups is 1. The maximum absolute atomic E-state index is 12.3. The number of methoxy groups -OCH3 is 2. The van der Waals surface area contributed by atoms with E-state index in [4.69, 9.17) is 14.2 Å². The van der Waals surface area contributed by atoms with Crippen molar-refractivity contribution in [3.05, 3.63) is 23.8 Å². The van der Waals surface area contributed by atoms with Gasteiger partial charge in [0.15, 0.2) is 11.5 Å². The largest absolute Gasteiger partial charge is 0.493 e. The van der Waals surface area contributed by atoms with Gasteiger partial charge in [-0.2, -0.15) is 5.06 Å². The van der Waals surface area contributed by atoms with Crippen LogP contribution in [0.2, 0.25) is 0 Å². The van der Waals surface area contributed by atoms with Crippen molar-refractivity contribution in [2.75, 3.05) is 14.2 Å². The lowest BCUT2D eigenvalue weighted by molar-refractivity contribution is -0.167. The van der Waals surface area contributed by atoms with Gasteiger partial charge < -0.3 is 19.4 Å². The van der Waals surface area contributed by atoms with Crippen molar-refractivity contribution in [2.45, 2.75) is 43.9 Å². The summed E-state index contributed by atoms with van der Waals surface area (Å²) in [5.41, 5.74) is 0.441. The number of piperidine rings is 1. The van der Waals surface area contributed by atoms with Gasteiger partial charge in [-0.15, -0.1) is 0 Å².